The third-order valence-corrected chi connectivity index (χ3v) is 2.81. The number of hydrogen-bond acceptors (Lipinski definition) is 5. The van der Waals surface area contributed by atoms with Crippen molar-refractivity contribution in [3.05, 3.63) is 6.33 Å². The summed E-state index contributed by atoms with van der Waals surface area (Å²) in [6, 6.07) is -0.432. The SMILES string of the molecule is Cn1ncnc1NC(=O)NCC1CCC(C(=O)O)O1. The molecule has 1 saturated heterocycles. The Bertz CT molecular complexity index is 474. The van der Waals surface area contributed by atoms with E-state index in [9.17, 15) is 9.59 Å². The second kappa shape index (κ2) is 5.65. The number of carboxylic acids is 1. The lowest BCUT2D eigenvalue weighted by molar-refractivity contribution is -0.149. The minimum absolute atomic E-state index is 0.257. The Hall–Kier alpha value is -2.16. The number of urea groups is 1. The first kappa shape index (κ1) is 13.3. The molecule has 0 spiro atoms. The monoisotopic (exact) mass is 269 g/mol. The van der Waals surface area contributed by atoms with Crippen LogP contribution in [0.25, 0.3) is 0 Å². The lowest BCUT2D eigenvalue weighted by Crippen LogP contribution is -2.36. The van der Waals surface area contributed by atoms with E-state index in [1.165, 1.54) is 11.0 Å². The number of amides is 2. The summed E-state index contributed by atoms with van der Waals surface area (Å²) in [4.78, 5) is 26.1. The van der Waals surface area contributed by atoms with Gasteiger partial charge in [0, 0.05) is 13.6 Å². The molecule has 0 radical (unpaired) electrons. The molecule has 1 aromatic heterocycles. The number of carbonyl (C=O) groups is 2. The van der Waals surface area contributed by atoms with E-state index in [1.807, 2.05) is 0 Å². The zero-order valence-corrected chi connectivity index (χ0v) is 10.4. The van der Waals surface area contributed by atoms with E-state index in [0.717, 1.165) is 0 Å². The van der Waals surface area contributed by atoms with E-state index < -0.39 is 18.1 Å². The molecule has 1 aliphatic rings. The van der Waals surface area contributed by atoms with Gasteiger partial charge in [-0.25, -0.2) is 14.3 Å². The molecule has 9 heteroatoms. The number of nitrogens with one attached hydrogen (secondary N) is 2. The molecule has 2 atom stereocenters. The molecular weight excluding hydrogens is 254 g/mol. The van der Waals surface area contributed by atoms with Gasteiger partial charge < -0.3 is 15.2 Å². The predicted molar refractivity (Wildman–Crippen MR) is 63.6 cm³/mol. The number of anilines is 1. The van der Waals surface area contributed by atoms with Crippen molar-refractivity contribution < 1.29 is 19.4 Å². The van der Waals surface area contributed by atoms with Crippen LogP contribution in [0.3, 0.4) is 0 Å². The Balaban J connectivity index is 1.73. The number of nitrogens with zero attached hydrogens (tertiary/aromatic N) is 3. The Morgan fingerprint density at radius 3 is 2.95 bits per heavy atom. The molecule has 9 nitrogen and oxygen atoms in total. The summed E-state index contributed by atoms with van der Waals surface area (Å²) in [5.41, 5.74) is 0. The van der Waals surface area contributed by atoms with E-state index in [1.54, 1.807) is 7.05 Å². The Morgan fingerprint density at radius 2 is 2.37 bits per heavy atom. The van der Waals surface area contributed by atoms with Crippen LogP contribution in [-0.2, 0) is 16.6 Å². The Labute approximate surface area is 109 Å². The van der Waals surface area contributed by atoms with E-state index in [0.29, 0.717) is 18.8 Å². The highest BCUT2D eigenvalue weighted by Gasteiger charge is 2.30. The maximum atomic E-state index is 11.6. The highest BCUT2D eigenvalue weighted by atomic mass is 16.5. The van der Waals surface area contributed by atoms with Crippen LogP contribution in [-0.4, -0.2) is 50.6 Å². The Morgan fingerprint density at radius 1 is 1.58 bits per heavy atom. The molecule has 3 N–H and O–H groups in total. The third kappa shape index (κ3) is 3.41. The van der Waals surface area contributed by atoms with Crippen molar-refractivity contribution in [3.63, 3.8) is 0 Å². The van der Waals surface area contributed by atoms with Crippen molar-refractivity contribution in [2.75, 3.05) is 11.9 Å². The molecular formula is C10H15N5O4. The fourth-order valence-corrected chi connectivity index (χ4v) is 1.80. The molecule has 1 aromatic rings. The number of aromatic nitrogens is 3. The average Bonchev–Trinajstić information content (AvgIpc) is 2.97. The zero-order chi connectivity index (χ0) is 13.8. The zero-order valence-electron chi connectivity index (χ0n) is 10.4. The average molecular weight is 269 g/mol. The van der Waals surface area contributed by atoms with Crippen molar-refractivity contribution in [2.45, 2.75) is 25.0 Å². The van der Waals surface area contributed by atoms with Crippen LogP contribution in [0.2, 0.25) is 0 Å². The van der Waals surface area contributed by atoms with Gasteiger partial charge in [0.25, 0.3) is 0 Å². The molecule has 19 heavy (non-hydrogen) atoms. The quantitative estimate of drug-likeness (QED) is 0.682. The van der Waals surface area contributed by atoms with Crippen molar-refractivity contribution in [1.29, 1.82) is 0 Å². The first-order chi connectivity index (χ1) is 9.06. The van der Waals surface area contributed by atoms with Gasteiger partial charge in [-0.3, -0.25) is 5.32 Å². The molecule has 2 rings (SSSR count). The van der Waals surface area contributed by atoms with Crippen molar-refractivity contribution in [3.8, 4) is 0 Å². The summed E-state index contributed by atoms with van der Waals surface area (Å²) < 4.78 is 6.68. The largest absolute Gasteiger partial charge is 0.479 e. The van der Waals surface area contributed by atoms with Gasteiger partial charge in [-0.15, -0.1) is 0 Å². The standard InChI is InChI=1S/C10H15N5O4/c1-15-9(12-5-13-15)14-10(18)11-4-6-2-3-7(19-6)8(16)17/h5-7H,2-4H2,1H3,(H,16,17)(H2,11,12,13,14,18). The van der Waals surface area contributed by atoms with Gasteiger partial charge in [-0.1, -0.05) is 0 Å². The lowest BCUT2D eigenvalue weighted by Gasteiger charge is -2.12. The molecule has 2 unspecified atom stereocenters. The summed E-state index contributed by atoms with van der Waals surface area (Å²) in [5, 5.41) is 17.7. The van der Waals surface area contributed by atoms with Crippen LogP contribution in [0.4, 0.5) is 10.7 Å². The first-order valence-corrected chi connectivity index (χ1v) is 5.83. The molecule has 1 aliphatic heterocycles. The third-order valence-electron chi connectivity index (χ3n) is 2.81. The summed E-state index contributed by atoms with van der Waals surface area (Å²) in [7, 11) is 1.65. The van der Waals surface area contributed by atoms with Crippen molar-refractivity contribution in [2.24, 2.45) is 7.05 Å². The second-order valence-corrected chi connectivity index (χ2v) is 4.20. The maximum Gasteiger partial charge on any atom is 0.332 e. The van der Waals surface area contributed by atoms with Crippen LogP contribution in [0.5, 0.6) is 0 Å². The molecule has 0 aliphatic carbocycles. The highest BCUT2D eigenvalue weighted by Crippen LogP contribution is 2.19. The number of hydrogen-bond donors (Lipinski definition) is 3. The van der Waals surface area contributed by atoms with E-state index in [2.05, 4.69) is 20.7 Å². The maximum absolute atomic E-state index is 11.6. The number of carboxylic acid groups (broad SMARTS) is 1. The minimum atomic E-state index is -0.967. The normalized spacial score (nSPS) is 22.2. The van der Waals surface area contributed by atoms with Crippen molar-refractivity contribution >= 4 is 17.9 Å². The predicted octanol–water partition coefficient (Wildman–Crippen LogP) is -0.431. The van der Waals surface area contributed by atoms with Gasteiger partial charge in [-0.05, 0) is 12.8 Å². The van der Waals surface area contributed by atoms with E-state index in [4.69, 9.17) is 9.84 Å². The Kier molecular flexibility index (Phi) is 3.95. The van der Waals surface area contributed by atoms with Gasteiger partial charge in [0.05, 0.1) is 6.10 Å². The van der Waals surface area contributed by atoms with E-state index in [-0.39, 0.29) is 12.6 Å². The number of aliphatic carboxylic acids is 1. The summed E-state index contributed by atoms with van der Waals surface area (Å²) in [6.07, 6.45) is 1.36. The van der Waals surface area contributed by atoms with Crippen LogP contribution in [0.1, 0.15) is 12.8 Å². The van der Waals surface area contributed by atoms with Gasteiger partial charge in [0.2, 0.25) is 5.95 Å². The van der Waals surface area contributed by atoms with Gasteiger partial charge in [0.15, 0.2) is 6.10 Å². The smallest absolute Gasteiger partial charge is 0.332 e. The summed E-state index contributed by atoms with van der Waals surface area (Å²) >= 11 is 0. The highest BCUT2D eigenvalue weighted by molar-refractivity contribution is 5.87. The van der Waals surface area contributed by atoms with Gasteiger partial charge in [-0.2, -0.15) is 10.1 Å². The molecule has 104 valence electrons. The first-order valence-electron chi connectivity index (χ1n) is 5.83. The molecule has 2 amide bonds. The summed E-state index contributed by atoms with van der Waals surface area (Å²) in [6.45, 7) is 0.257. The topological polar surface area (TPSA) is 118 Å². The molecule has 1 fully saturated rings. The molecule has 0 saturated carbocycles. The van der Waals surface area contributed by atoms with Gasteiger partial charge in [0.1, 0.15) is 6.33 Å². The van der Waals surface area contributed by atoms with E-state index >= 15 is 0 Å². The second-order valence-electron chi connectivity index (χ2n) is 4.20. The minimum Gasteiger partial charge on any atom is -0.479 e. The fraction of sp³-hybridized carbons (Fsp3) is 0.600. The number of rotatable bonds is 4. The summed E-state index contributed by atoms with van der Waals surface area (Å²) in [5.74, 6) is -0.640. The van der Waals surface area contributed by atoms with Crippen LogP contribution in [0, 0.1) is 0 Å². The molecule has 0 aromatic carbocycles. The van der Waals surface area contributed by atoms with Crippen molar-refractivity contribution in [1.82, 2.24) is 20.1 Å². The van der Waals surface area contributed by atoms with Crippen LogP contribution >= 0.6 is 0 Å². The number of carbonyl (C=O) groups excluding carboxylic acids is 1. The fourth-order valence-electron chi connectivity index (χ4n) is 1.80. The van der Waals surface area contributed by atoms with Gasteiger partial charge >= 0.3 is 12.0 Å². The lowest BCUT2D eigenvalue weighted by atomic mass is 10.2. The number of aryl methyl sites for hydroxylation is 1. The molecule has 0 bridgehead atoms. The van der Waals surface area contributed by atoms with Crippen LogP contribution in [0.15, 0.2) is 6.33 Å². The van der Waals surface area contributed by atoms with Crippen LogP contribution < -0.4 is 10.6 Å². The number of ether oxygens (including phenoxy) is 1. The molecule has 2 heterocycles.